The lowest BCUT2D eigenvalue weighted by atomic mass is 10.1. The summed E-state index contributed by atoms with van der Waals surface area (Å²) in [6, 6.07) is 11.3. The molecule has 1 amide bonds. The van der Waals surface area contributed by atoms with E-state index >= 15 is 0 Å². The van der Waals surface area contributed by atoms with Crippen LogP contribution in [0.5, 0.6) is 11.5 Å². The van der Waals surface area contributed by atoms with Crippen molar-refractivity contribution in [1.82, 2.24) is 0 Å². The Balaban J connectivity index is 1.62. The fourth-order valence-electron chi connectivity index (χ4n) is 2.84. The molecule has 0 N–H and O–H groups in total. The van der Waals surface area contributed by atoms with E-state index in [4.69, 9.17) is 9.47 Å². The summed E-state index contributed by atoms with van der Waals surface area (Å²) in [5.41, 5.74) is 1.63. The van der Waals surface area contributed by atoms with Gasteiger partial charge >= 0.3 is 0 Å². The van der Waals surface area contributed by atoms with Crippen LogP contribution < -0.4 is 19.5 Å². The van der Waals surface area contributed by atoms with Gasteiger partial charge < -0.3 is 19.4 Å². The molecular weight excluding hydrogens is 336 g/mol. The zero-order valence-corrected chi connectivity index (χ0v) is 13.8. The van der Waals surface area contributed by atoms with E-state index in [1.807, 2.05) is 6.07 Å². The summed E-state index contributed by atoms with van der Waals surface area (Å²) in [7, 11) is 0. The fraction of sp³-hybridized carbons (Fsp3) is 0.105. The van der Waals surface area contributed by atoms with E-state index in [1.54, 1.807) is 37.3 Å². The summed E-state index contributed by atoms with van der Waals surface area (Å²) in [5.74, 6) is 0.238. The summed E-state index contributed by atoms with van der Waals surface area (Å²) in [6.07, 6.45) is 1.67. The van der Waals surface area contributed by atoms with E-state index in [0.29, 0.717) is 23.0 Å². The second kappa shape index (κ2) is 6.03. The number of carbonyl (C=O) groups excluding carboxylic acids is 2. The summed E-state index contributed by atoms with van der Waals surface area (Å²) < 4.78 is 10.6. The predicted octanol–water partition coefficient (Wildman–Crippen LogP) is 1.58. The van der Waals surface area contributed by atoms with Crippen molar-refractivity contribution >= 4 is 29.5 Å². The van der Waals surface area contributed by atoms with E-state index in [0.717, 1.165) is 5.56 Å². The van der Waals surface area contributed by atoms with Gasteiger partial charge in [0.25, 0.3) is 5.91 Å². The zero-order chi connectivity index (χ0) is 18.3. The third-order valence-electron chi connectivity index (χ3n) is 4.09. The van der Waals surface area contributed by atoms with Crippen LogP contribution in [-0.4, -0.2) is 24.5 Å². The van der Waals surface area contributed by atoms with Gasteiger partial charge in [-0.3, -0.25) is 9.69 Å². The predicted molar refractivity (Wildman–Crippen MR) is 91.9 cm³/mol. The van der Waals surface area contributed by atoms with E-state index < -0.39 is 5.97 Å². The first-order chi connectivity index (χ1) is 12.5. The quantitative estimate of drug-likeness (QED) is 0.785. The number of amides is 1. The lowest BCUT2D eigenvalue weighted by Gasteiger charge is -2.16. The molecule has 2 aliphatic rings. The molecule has 0 atom stereocenters. The first-order valence-corrected chi connectivity index (χ1v) is 7.85. The number of aromatic carboxylic acids is 1. The number of carboxylic acids is 1. The number of aliphatic imine (C=N–C) groups is 1. The van der Waals surface area contributed by atoms with Crippen LogP contribution in [0.25, 0.3) is 6.08 Å². The van der Waals surface area contributed by atoms with Gasteiger partial charge in [-0.15, -0.1) is 0 Å². The summed E-state index contributed by atoms with van der Waals surface area (Å²) in [6.45, 7) is 1.90. The standard InChI is InChI=1S/C19H14N2O5/c1-11-20-15(8-12-2-7-16-17(9-12)26-10-25-16)18(22)21(11)14-5-3-13(4-6-14)19(23)24/h2-9H,10H2,1H3,(H,23,24)/p-1/b15-8-. The minimum atomic E-state index is -1.27. The average molecular weight is 349 g/mol. The third kappa shape index (κ3) is 2.69. The minimum Gasteiger partial charge on any atom is -0.545 e. The Morgan fingerprint density at radius 3 is 2.62 bits per heavy atom. The van der Waals surface area contributed by atoms with Crippen molar-refractivity contribution in [2.24, 2.45) is 4.99 Å². The van der Waals surface area contributed by atoms with Crippen molar-refractivity contribution in [3.63, 3.8) is 0 Å². The fourth-order valence-corrected chi connectivity index (χ4v) is 2.84. The van der Waals surface area contributed by atoms with E-state index in [9.17, 15) is 14.7 Å². The molecule has 0 saturated heterocycles. The third-order valence-corrected chi connectivity index (χ3v) is 4.09. The molecule has 0 unspecified atom stereocenters. The van der Waals surface area contributed by atoms with Crippen molar-refractivity contribution in [2.75, 3.05) is 11.7 Å². The van der Waals surface area contributed by atoms with Crippen LogP contribution in [0.1, 0.15) is 22.8 Å². The number of fused-ring (bicyclic) bond motifs is 1. The van der Waals surface area contributed by atoms with E-state index in [1.165, 1.54) is 17.0 Å². The molecule has 0 aromatic heterocycles. The minimum absolute atomic E-state index is 0.0473. The van der Waals surface area contributed by atoms with Crippen molar-refractivity contribution in [1.29, 1.82) is 0 Å². The van der Waals surface area contributed by atoms with Gasteiger partial charge in [0.1, 0.15) is 11.5 Å². The van der Waals surface area contributed by atoms with Gasteiger partial charge in [0.05, 0.1) is 11.7 Å². The number of hydrogen-bond donors (Lipinski definition) is 0. The van der Waals surface area contributed by atoms with Gasteiger partial charge in [-0.1, -0.05) is 18.2 Å². The average Bonchev–Trinajstić information content (AvgIpc) is 3.19. The largest absolute Gasteiger partial charge is 0.545 e. The van der Waals surface area contributed by atoms with Crippen LogP contribution in [0, 0.1) is 0 Å². The highest BCUT2D eigenvalue weighted by atomic mass is 16.7. The maximum Gasteiger partial charge on any atom is 0.282 e. The monoisotopic (exact) mass is 349 g/mol. The summed E-state index contributed by atoms with van der Waals surface area (Å²) in [4.78, 5) is 29.3. The Morgan fingerprint density at radius 2 is 1.88 bits per heavy atom. The molecule has 0 bridgehead atoms. The first kappa shape index (κ1) is 15.9. The van der Waals surface area contributed by atoms with Crippen LogP contribution in [0.15, 0.2) is 53.2 Å². The molecule has 7 heteroatoms. The summed E-state index contributed by atoms with van der Waals surface area (Å²) >= 11 is 0. The highest BCUT2D eigenvalue weighted by Gasteiger charge is 2.29. The van der Waals surface area contributed by atoms with Gasteiger partial charge in [-0.25, -0.2) is 4.99 Å². The van der Waals surface area contributed by atoms with Crippen molar-refractivity contribution < 1.29 is 24.2 Å². The van der Waals surface area contributed by atoms with Crippen LogP contribution in [0.2, 0.25) is 0 Å². The van der Waals surface area contributed by atoms with Gasteiger partial charge in [0, 0.05) is 0 Å². The smallest absolute Gasteiger partial charge is 0.282 e. The number of anilines is 1. The SMILES string of the molecule is CC1=N/C(=C\c2ccc3c(c2)OCO3)C(=O)N1c1ccc(C(=O)[O-])cc1. The number of amidine groups is 1. The molecule has 2 heterocycles. The zero-order valence-electron chi connectivity index (χ0n) is 13.8. The molecule has 130 valence electrons. The molecule has 4 rings (SSSR count). The Hall–Kier alpha value is -3.61. The Morgan fingerprint density at radius 1 is 1.15 bits per heavy atom. The van der Waals surface area contributed by atoms with Gasteiger partial charge in [-0.05, 0) is 48.4 Å². The number of hydrogen-bond acceptors (Lipinski definition) is 6. The van der Waals surface area contributed by atoms with Crippen LogP contribution in [0.3, 0.4) is 0 Å². The summed E-state index contributed by atoms with van der Waals surface area (Å²) in [5, 5.41) is 10.9. The second-order valence-corrected chi connectivity index (χ2v) is 5.78. The van der Waals surface area contributed by atoms with Crippen LogP contribution in [0.4, 0.5) is 5.69 Å². The molecule has 0 fully saturated rings. The molecule has 2 aliphatic heterocycles. The topological polar surface area (TPSA) is 91.3 Å². The highest BCUT2D eigenvalue weighted by molar-refractivity contribution is 6.28. The van der Waals surface area contributed by atoms with Crippen LogP contribution in [-0.2, 0) is 4.79 Å². The van der Waals surface area contributed by atoms with Crippen molar-refractivity contribution in [3.05, 3.63) is 59.3 Å². The van der Waals surface area contributed by atoms with E-state index in [2.05, 4.69) is 4.99 Å². The molecule has 0 radical (unpaired) electrons. The van der Waals surface area contributed by atoms with E-state index in [-0.39, 0.29) is 24.0 Å². The number of carbonyl (C=O) groups is 2. The van der Waals surface area contributed by atoms with Gasteiger partial charge in [-0.2, -0.15) is 0 Å². The Labute approximate surface area is 148 Å². The molecular formula is C19H13N2O5-. The molecule has 2 aromatic carbocycles. The molecule has 0 saturated carbocycles. The number of benzene rings is 2. The van der Waals surface area contributed by atoms with Crippen molar-refractivity contribution in [2.45, 2.75) is 6.92 Å². The lowest BCUT2D eigenvalue weighted by molar-refractivity contribution is -0.255. The molecule has 7 nitrogen and oxygen atoms in total. The number of nitrogens with zero attached hydrogens (tertiary/aromatic N) is 2. The lowest BCUT2D eigenvalue weighted by Crippen LogP contribution is -2.30. The maximum atomic E-state index is 12.7. The molecule has 2 aromatic rings. The van der Waals surface area contributed by atoms with Gasteiger partial charge in [0.15, 0.2) is 11.5 Å². The normalized spacial score (nSPS) is 17.0. The molecule has 0 spiro atoms. The van der Waals surface area contributed by atoms with Crippen molar-refractivity contribution in [3.8, 4) is 11.5 Å². The Kier molecular flexibility index (Phi) is 3.69. The number of carboxylic acid groups (broad SMARTS) is 1. The second-order valence-electron chi connectivity index (χ2n) is 5.78. The first-order valence-electron chi connectivity index (χ1n) is 7.85. The number of ether oxygens (including phenoxy) is 2. The Bertz CT molecular complexity index is 976. The number of rotatable bonds is 3. The van der Waals surface area contributed by atoms with Gasteiger partial charge in [0.2, 0.25) is 6.79 Å². The maximum absolute atomic E-state index is 12.7. The van der Waals surface area contributed by atoms with Crippen LogP contribution >= 0.6 is 0 Å². The molecule has 0 aliphatic carbocycles. The highest BCUT2D eigenvalue weighted by Crippen LogP contribution is 2.33. The molecule has 26 heavy (non-hydrogen) atoms.